The Morgan fingerprint density at radius 1 is 1.29 bits per heavy atom. The largest absolute Gasteiger partial charge is 0.378 e. The highest BCUT2D eigenvalue weighted by Gasteiger charge is 2.26. The number of ether oxygens (including phenoxy) is 2. The van der Waals surface area contributed by atoms with Crippen LogP contribution in [0.3, 0.4) is 0 Å². The Kier molecular flexibility index (Phi) is 5.52. The van der Waals surface area contributed by atoms with Gasteiger partial charge in [-0.15, -0.1) is 0 Å². The quantitative estimate of drug-likeness (QED) is 0.901. The van der Waals surface area contributed by atoms with Crippen molar-refractivity contribution in [2.24, 2.45) is 0 Å². The maximum atomic E-state index is 12.5. The van der Waals surface area contributed by atoms with Crippen molar-refractivity contribution >= 4 is 11.8 Å². The van der Waals surface area contributed by atoms with E-state index >= 15 is 0 Å². The fourth-order valence-corrected chi connectivity index (χ4v) is 3.25. The van der Waals surface area contributed by atoms with E-state index in [-0.39, 0.29) is 18.2 Å². The number of hydrogen-bond donors (Lipinski definition) is 1. The molecule has 3 rings (SSSR count). The standard InChI is InChI=1S/C17H26N4O3/c1-13-11-21(12-14(2)24-13)17(22)19-10-15-4-3-5-18-16(15)20-6-8-23-9-7-20/h3-5,13-14H,6-12H2,1-2H3,(H,19,22)/t13-,14-/m0/s1. The van der Waals surface area contributed by atoms with E-state index in [1.165, 1.54) is 0 Å². The second-order valence-electron chi connectivity index (χ2n) is 6.41. The van der Waals surface area contributed by atoms with Crippen LogP contribution in [0.25, 0.3) is 0 Å². The molecule has 1 N–H and O–H groups in total. The van der Waals surface area contributed by atoms with Gasteiger partial charge in [0.2, 0.25) is 0 Å². The maximum Gasteiger partial charge on any atom is 0.317 e. The Labute approximate surface area is 142 Å². The molecule has 132 valence electrons. The predicted octanol–water partition coefficient (Wildman–Crippen LogP) is 1.24. The molecule has 2 aliphatic rings. The van der Waals surface area contributed by atoms with Gasteiger partial charge in [-0.2, -0.15) is 0 Å². The van der Waals surface area contributed by atoms with Crippen LogP contribution in [0.4, 0.5) is 10.6 Å². The number of amides is 2. The van der Waals surface area contributed by atoms with Gasteiger partial charge in [-0.3, -0.25) is 0 Å². The fourth-order valence-electron chi connectivity index (χ4n) is 3.25. The summed E-state index contributed by atoms with van der Waals surface area (Å²) in [5.41, 5.74) is 1.03. The number of hydrogen-bond acceptors (Lipinski definition) is 5. The summed E-state index contributed by atoms with van der Waals surface area (Å²) in [5, 5.41) is 3.02. The van der Waals surface area contributed by atoms with Crippen molar-refractivity contribution < 1.29 is 14.3 Å². The van der Waals surface area contributed by atoms with Crippen molar-refractivity contribution in [1.82, 2.24) is 15.2 Å². The summed E-state index contributed by atoms with van der Waals surface area (Å²) in [6, 6.07) is 3.88. The Hall–Kier alpha value is -1.86. The summed E-state index contributed by atoms with van der Waals surface area (Å²) in [4.78, 5) is 21.0. The van der Waals surface area contributed by atoms with Gasteiger partial charge in [0.15, 0.2) is 0 Å². The first-order valence-electron chi connectivity index (χ1n) is 8.58. The number of carbonyl (C=O) groups is 1. The Morgan fingerprint density at radius 3 is 2.71 bits per heavy atom. The number of morpholine rings is 2. The van der Waals surface area contributed by atoms with Crippen LogP contribution in [0.1, 0.15) is 19.4 Å². The first kappa shape index (κ1) is 17.0. The summed E-state index contributed by atoms with van der Waals surface area (Å²) in [7, 11) is 0. The summed E-state index contributed by atoms with van der Waals surface area (Å²) in [5.74, 6) is 0.935. The number of rotatable bonds is 3. The van der Waals surface area contributed by atoms with Crippen molar-refractivity contribution in [2.45, 2.75) is 32.6 Å². The molecule has 7 heteroatoms. The van der Waals surface area contributed by atoms with E-state index in [0.29, 0.717) is 32.8 Å². The minimum Gasteiger partial charge on any atom is -0.378 e. The smallest absolute Gasteiger partial charge is 0.317 e. The molecule has 7 nitrogen and oxygen atoms in total. The van der Waals surface area contributed by atoms with Crippen molar-refractivity contribution in [3.63, 3.8) is 0 Å². The average molecular weight is 334 g/mol. The summed E-state index contributed by atoms with van der Waals surface area (Å²) in [6.07, 6.45) is 1.94. The molecule has 2 aliphatic heterocycles. The molecular formula is C17H26N4O3. The minimum atomic E-state index is -0.0474. The van der Waals surface area contributed by atoms with Crippen LogP contribution in [-0.4, -0.2) is 67.5 Å². The molecule has 2 fully saturated rings. The molecular weight excluding hydrogens is 308 g/mol. The lowest BCUT2D eigenvalue weighted by molar-refractivity contribution is -0.0545. The van der Waals surface area contributed by atoms with Crippen LogP contribution in [0.2, 0.25) is 0 Å². The SMILES string of the molecule is C[C@H]1CN(C(=O)NCc2cccnc2N2CCOCC2)C[C@H](C)O1. The van der Waals surface area contributed by atoms with Crippen molar-refractivity contribution in [2.75, 3.05) is 44.3 Å². The highest BCUT2D eigenvalue weighted by molar-refractivity contribution is 5.74. The number of carbonyl (C=O) groups excluding carboxylic acids is 1. The van der Waals surface area contributed by atoms with Crippen LogP contribution in [0, 0.1) is 0 Å². The predicted molar refractivity (Wildman–Crippen MR) is 91.1 cm³/mol. The third-order valence-corrected chi connectivity index (χ3v) is 4.32. The zero-order chi connectivity index (χ0) is 16.9. The third kappa shape index (κ3) is 4.15. The number of anilines is 1. The van der Waals surface area contributed by atoms with E-state index in [4.69, 9.17) is 9.47 Å². The van der Waals surface area contributed by atoms with Crippen molar-refractivity contribution in [3.05, 3.63) is 23.9 Å². The molecule has 1 aromatic heterocycles. The Bertz CT molecular complexity index is 553. The van der Waals surface area contributed by atoms with E-state index in [2.05, 4.69) is 15.2 Å². The van der Waals surface area contributed by atoms with Crippen LogP contribution >= 0.6 is 0 Å². The summed E-state index contributed by atoms with van der Waals surface area (Å²) < 4.78 is 11.1. The molecule has 2 atom stereocenters. The van der Waals surface area contributed by atoms with Gasteiger partial charge in [-0.05, 0) is 19.9 Å². The van der Waals surface area contributed by atoms with Gasteiger partial charge in [0.25, 0.3) is 0 Å². The van der Waals surface area contributed by atoms with E-state index in [1.54, 1.807) is 6.20 Å². The van der Waals surface area contributed by atoms with Crippen LogP contribution in [0.15, 0.2) is 18.3 Å². The summed E-state index contributed by atoms with van der Waals surface area (Å²) >= 11 is 0. The van der Waals surface area contributed by atoms with Gasteiger partial charge in [0.1, 0.15) is 5.82 Å². The van der Waals surface area contributed by atoms with E-state index in [1.807, 2.05) is 30.9 Å². The second-order valence-corrected chi connectivity index (χ2v) is 6.41. The zero-order valence-electron chi connectivity index (χ0n) is 14.4. The van der Waals surface area contributed by atoms with Crippen molar-refractivity contribution in [1.29, 1.82) is 0 Å². The lowest BCUT2D eigenvalue weighted by Gasteiger charge is -2.35. The Balaban J connectivity index is 1.61. The lowest BCUT2D eigenvalue weighted by Crippen LogP contribution is -2.51. The van der Waals surface area contributed by atoms with Crippen LogP contribution in [-0.2, 0) is 16.0 Å². The molecule has 0 unspecified atom stereocenters. The van der Waals surface area contributed by atoms with Gasteiger partial charge in [0, 0.05) is 44.5 Å². The minimum absolute atomic E-state index is 0.0474. The molecule has 0 bridgehead atoms. The average Bonchev–Trinajstić information content (AvgIpc) is 2.60. The van der Waals surface area contributed by atoms with Gasteiger partial charge in [-0.25, -0.2) is 9.78 Å². The molecule has 2 saturated heterocycles. The second kappa shape index (κ2) is 7.81. The Morgan fingerprint density at radius 2 is 2.00 bits per heavy atom. The lowest BCUT2D eigenvalue weighted by atomic mass is 10.2. The monoisotopic (exact) mass is 334 g/mol. The molecule has 0 saturated carbocycles. The highest BCUT2D eigenvalue weighted by Crippen LogP contribution is 2.18. The van der Waals surface area contributed by atoms with Gasteiger partial charge in [-0.1, -0.05) is 6.07 Å². The van der Waals surface area contributed by atoms with Crippen molar-refractivity contribution in [3.8, 4) is 0 Å². The molecule has 2 amide bonds. The molecule has 0 radical (unpaired) electrons. The topological polar surface area (TPSA) is 66.9 Å². The van der Waals surface area contributed by atoms with Gasteiger partial charge < -0.3 is 24.6 Å². The van der Waals surface area contributed by atoms with Gasteiger partial charge >= 0.3 is 6.03 Å². The van der Waals surface area contributed by atoms with E-state index in [0.717, 1.165) is 24.5 Å². The normalized spacial score (nSPS) is 24.8. The fraction of sp³-hybridized carbons (Fsp3) is 0.647. The molecule has 3 heterocycles. The zero-order valence-corrected chi connectivity index (χ0v) is 14.4. The third-order valence-electron chi connectivity index (χ3n) is 4.32. The van der Waals surface area contributed by atoms with Crippen LogP contribution < -0.4 is 10.2 Å². The number of urea groups is 1. The van der Waals surface area contributed by atoms with Crippen LogP contribution in [0.5, 0.6) is 0 Å². The first-order valence-corrected chi connectivity index (χ1v) is 8.58. The number of nitrogens with one attached hydrogen (secondary N) is 1. The molecule has 0 aliphatic carbocycles. The maximum absolute atomic E-state index is 12.5. The number of pyridine rings is 1. The number of nitrogens with zero attached hydrogens (tertiary/aromatic N) is 3. The molecule has 0 aromatic carbocycles. The first-order chi connectivity index (χ1) is 11.6. The van der Waals surface area contributed by atoms with E-state index < -0.39 is 0 Å². The molecule has 24 heavy (non-hydrogen) atoms. The summed E-state index contributed by atoms with van der Waals surface area (Å²) in [6.45, 7) is 8.80. The van der Waals surface area contributed by atoms with Gasteiger partial charge in [0.05, 0.1) is 25.4 Å². The number of aromatic nitrogens is 1. The highest BCUT2D eigenvalue weighted by atomic mass is 16.5. The molecule has 1 aromatic rings. The van der Waals surface area contributed by atoms with E-state index in [9.17, 15) is 4.79 Å². The molecule has 0 spiro atoms.